The Morgan fingerprint density at radius 1 is 1.40 bits per heavy atom. The standard InChI is InChI=1S/C17H19N5OS2/c18-8-13-12-4-2-1-3-5-14(12)25-16(13)20-15(23)9-24-17-21-19-10-22(17)11-6-7-11/h10-11H,1-7,9H2,(H,20,23). The molecule has 25 heavy (non-hydrogen) atoms. The Morgan fingerprint density at radius 3 is 3.04 bits per heavy atom. The summed E-state index contributed by atoms with van der Waals surface area (Å²) in [5.74, 6) is 0.182. The lowest BCUT2D eigenvalue weighted by molar-refractivity contribution is -0.113. The van der Waals surface area contributed by atoms with Crippen molar-refractivity contribution in [2.75, 3.05) is 11.1 Å². The molecule has 0 saturated heterocycles. The van der Waals surface area contributed by atoms with E-state index >= 15 is 0 Å². The first kappa shape index (κ1) is 16.6. The van der Waals surface area contributed by atoms with Crippen LogP contribution in [0.15, 0.2) is 11.5 Å². The van der Waals surface area contributed by atoms with Crippen LogP contribution in [0.4, 0.5) is 5.00 Å². The van der Waals surface area contributed by atoms with Crippen LogP contribution in [-0.2, 0) is 17.6 Å². The first-order valence-electron chi connectivity index (χ1n) is 8.63. The first-order valence-corrected chi connectivity index (χ1v) is 10.4. The molecule has 6 nitrogen and oxygen atoms in total. The van der Waals surface area contributed by atoms with E-state index in [2.05, 4.69) is 21.6 Å². The van der Waals surface area contributed by atoms with Crippen molar-refractivity contribution in [1.82, 2.24) is 14.8 Å². The van der Waals surface area contributed by atoms with Crippen LogP contribution in [0, 0.1) is 11.3 Å². The summed E-state index contributed by atoms with van der Waals surface area (Å²) in [5.41, 5.74) is 1.82. The Hall–Kier alpha value is -1.85. The number of fused-ring (bicyclic) bond motifs is 1. The number of anilines is 1. The van der Waals surface area contributed by atoms with Gasteiger partial charge in [0.25, 0.3) is 0 Å². The van der Waals surface area contributed by atoms with Crippen LogP contribution in [0.5, 0.6) is 0 Å². The predicted molar refractivity (Wildman–Crippen MR) is 97.9 cm³/mol. The smallest absolute Gasteiger partial charge is 0.235 e. The van der Waals surface area contributed by atoms with Gasteiger partial charge in [-0.25, -0.2) is 0 Å². The molecule has 1 N–H and O–H groups in total. The quantitative estimate of drug-likeness (QED) is 0.640. The number of thioether (sulfide) groups is 1. The van der Waals surface area contributed by atoms with Gasteiger partial charge in [0.2, 0.25) is 5.91 Å². The van der Waals surface area contributed by atoms with Gasteiger partial charge in [-0.2, -0.15) is 5.26 Å². The van der Waals surface area contributed by atoms with E-state index in [0.29, 0.717) is 16.6 Å². The summed E-state index contributed by atoms with van der Waals surface area (Å²) in [6, 6.07) is 2.80. The molecule has 1 fully saturated rings. The first-order chi connectivity index (χ1) is 12.3. The SMILES string of the molecule is N#Cc1c(NC(=O)CSc2nncn2C2CC2)sc2c1CCCCC2. The number of rotatable bonds is 5. The third-order valence-corrected chi connectivity index (χ3v) is 6.76. The molecule has 1 amide bonds. The fourth-order valence-corrected chi connectivity index (χ4v) is 5.22. The largest absolute Gasteiger partial charge is 0.316 e. The molecular formula is C17H19N5OS2. The van der Waals surface area contributed by atoms with Crippen molar-refractivity contribution in [2.45, 2.75) is 56.1 Å². The van der Waals surface area contributed by atoms with Gasteiger partial charge < -0.3 is 9.88 Å². The van der Waals surface area contributed by atoms with Crippen LogP contribution in [0.1, 0.15) is 54.1 Å². The molecule has 0 spiro atoms. The minimum atomic E-state index is -0.0942. The number of aromatic nitrogens is 3. The molecule has 2 aromatic rings. The Bertz CT molecular complexity index is 831. The summed E-state index contributed by atoms with van der Waals surface area (Å²) in [6.07, 6.45) is 9.52. The van der Waals surface area contributed by atoms with Gasteiger partial charge in [0.15, 0.2) is 5.16 Å². The number of nitriles is 1. The van der Waals surface area contributed by atoms with Crippen molar-refractivity contribution >= 4 is 34.0 Å². The molecule has 2 heterocycles. The number of thiophene rings is 1. The summed E-state index contributed by atoms with van der Waals surface area (Å²) in [4.78, 5) is 13.6. The van der Waals surface area contributed by atoms with E-state index in [1.165, 1.54) is 29.5 Å². The molecular weight excluding hydrogens is 354 g/mol. The lowest BCUT2D eigenvalue weighted by Crippen LogP contribution is -2.14. The van der Waals surface area contributed by atoms with Gasteiger partial charge in [0.1, 0.15) is 17.4 Å². The van der Waals surface area contributed by atoms with Crippen molar-refractivity contribution in [1.29, 1.82) is 5.26 Å². The Balaban J connectivity index is 1.42. The Morgan fingerprint density at radius 2 is 2.24 bits per heavy atom. The topological polar surface area (TPSA) is 83.6 Å². The number of nitrogens with one attached hydrogen (secondary N) is 1. The van der Waals surface area contributed by atoms with Crippen molar-refractivity contribution in [3.05, 3.63) is 22.3 Å². The van der Waals surface area contributed by atoms with E-state index in [4.69, 9.17) is 0 Å². The maximum atomic E-state index is 12.4. The third-order valence-electron chi connectivity index (χ3n) is 4.60. The lowest BCUT2D eigenvalue weighted by atomic mass is 10.1. The molecule has 4 rings (SSSR count). The maximum Gasteiger partial charge on any atom is 0.235 e. The van der Waals surface area contributed by atoms with Gasteiger partial charge in [-0.1, -0.05) is 18.2 Å². The van der Waals surface area contributed by atoms with Crippen LogP contribution in [-0.4, -0.2) is 26.4 Å². The highest BCUT2D eigenvalue weighted by Gasteiger charge is 2.26. The van der Waals surface area contributed by atoms with Crippen LogP contribution < -0.4 is 5.32 Å². The normalized spacial score (nSPS) is 16.8. The number of hydrogen-bond acceptors (Lipinski definition) is 6. The molecule has 0 radical (unpaired) electrons. The van der Waals surface area contributed by atoms with Gasteiger partial charge in [0.05, 0.1) is 11.3 Å². The highest BCUT2D eigenvalue weighted by Crippen LogP contribution is 2.38. The van der Waals surface area contributed by atoms with E-state index in [0.717, 1.165) is 42.8 Å². The minimum absolute atomic E-state index is 0.0942. The lowest BCUT2D eigenvalue weighted by Gasteiger charge is -2.05. The molecule has 0 aromatic carbocycles. The number of nitrogens with zero attached hydrogens (tertiary/aromatic N) is 4. The summed E-state index contributed by atoms with van der Waals surface area (Å²) in [5, 5.41) is 22.0. The van der Waals surface area contributed by atoms with Crippen LogP contribution in [0.3, 0.4) is 0 Å². The number of carbonyl (C=O) groups excluding carboxylic acids is 1. The summed E-state index contributed by atoms with van der Waals surface area (Å²) in [6.45, 7) is 0. The summed E-state index contributed by atoms with van der Waals surface area (Å²) >= 11 is 2.97. The summed E-state index contributed by atoms with van der Waals surface area (Å²) in [7, 11) is 0. The monoisotopic (exact) mass is 373 g/mol. The molecule has 2 aliphatic carbocycles. The summed E-state index contributed by atoms with van der Waals surface area (Å²) < 4.78 is 2.05. The van der Waals surface area contributed by atoms with Gasteiger partial charge in [-0.15, -0.1) is 21.5 Å². The zero-order valence-electron chi connectivity index (χ0n) is 13.8. The van der Waals surface area contributed by atoms with Crippen molar-refractivity contribution in [3.8, 4) is 6.07 Å². The molecule has 0 atom stereocenters. The Kier molecular flexibility index (Phi) is 4.77. The van der Waals surface area contributed by atoms with E-state index in [1.54, 1.807) is 17.7 Å². The van der Waals surface area contributed by atoms with Crippen LogP contribution >= 0.6 is 23.1 Å². The number of hydrogen-bond donors (Lipinski definition) is 1. The molecule has 0 unspecified atom stereocenters. The van der Waals surface area contributed by atoms with Crippen molar-refractivity contribution < 1.29 is 4.79 Å². The number of amides is 1. The second kappa shape index (κ2) is 7.18. The fourth-order valence-electron chi connectivity index (χ4n) is 3.18. The van der Waals surface area contributed by atoms with Crippen molar-refractivity contribution in [2.24, 2.45) is 0 Å². The molecule has 2 aliphatic rings. The highest BCUT2D eigenvalue weighted by molar-refractivity contribution is 7.99. The minimum Gasteiger partial charge on any atom is -0.316 e. The molecule has 0 bridgehead atoms. The molecule has 0 aliphatic heterocycles. The van der Waals surface area contributed by atoms with Gasteiger partial charge in [-0.3, -0.25) is 4.79 Å². The van der Waals surface area contributed by atoms with Gasteiger partial charge in [0, 0.05) is 10.9 Å². The Labute approximate surface area is 154 Å². The number of aryl methyl sites for hydroxylation is 1. The molecule has 130 valence electrons. The second-order valence-corrected chi connectivity index (χ2v) is 8.52. The number of carbonyl (C=O) groups is 1. The average Bonchev–Trinajstić information content (AvgIpc) is 3.32. The average molecular weight is 374 g/mol. The van der Waals surface area contributed by atoms with E-state index in [-0.39, 0.29) is 11.7 Å². The molecule has 2 aromatic heterocycles. The van der Waals surface area contributed by atoms with E-state index < -0.39 is 0 Å². The molecule has 8 heteroatoms. The highest BCUT2D eigenvalue weighted by atomic mass is 32.2. The zero-order chi connectivity index (χ0) is 17.2. The van der Waals surface area contributed by atoms with Gasteiger partial charge in [-0.05, 0) is 44.1 Å². The maximum absolute atomic E-state index is 12.4. The fraction of sp³-hybridized carbons (Fsp3) is 0.529. The van der Waals surface area contributed by atoms with Crippen LogP contribution in [0.25, 0.3) is 0 Å². The zero-order valence-corrected chi connectivity index (χ0v) is 15.5. The van der Waals surface area contributed by atoms with E-state index in [9.17, 15) is 10.1 Å². The van der Waals surface area contributed by atoms with Crippen LogP contribution in [0.2, 0.25) is 0 Å². The third kappa shape index (κ3) is 3.58. The molecule has 1 saturated carbocycles. The second-order valence-electron chi connectivity index (χ2n) is 6.47. The van der Waals surface area contributed by atoms with Crippen molar-refractivity contribution in [3.63, 3.8) is 0 Å². The van der Waals surface area contributed by atoms with E-state index in [1.807, 2.05) is 4.57 Å². The van der Waals surface area contributed by atoms with Gasteiger partial charge >= 0.3 is 0 Å². The predicted octanol–water partition coefficient (Wildman–Crippen LogP) is 3.55.